The number of aromatic nitrogens is 1. The summed E-state index contributed by atoms with van der Waals surface area (Å²) in [4.78, 5) is 4.61. The second-order valence-electron chi connectivity index (χ2n) is 6.13. The van der Waals surface area contributed by atoms with Crippen LogP contribution in [0.15, 0.2) is 6.07 Å². The maximum Gasteiger partial charge on any atom is 0.0426 e. The molecule has 0 radical (unpaired) electrons. The molecule has 1 aromatic heterocycles. The maximum absolute atomic E-state index is 4.61. The Balaban J connectivity index is 2.64. The molecule has 2 nitrogen and oxygen atoms in total. The molecule has 2 heteroatoms. The highest BCUT2D eigenvalue weighted by molar-refractivity contribution is 5.33. The van der Waals surface area contributed by atoms with Crippen molar-refractivity contribution in [3.63, 3.8) is 0 Å². The second kappa shape index (κ2) is 8.41. The average Bonchev–Trinajstić information content (AvgIpc) is 2.37. The van der Waals surface area contributed by atoms with Crippen LogP contribution in [-0.2, 0) is 0 Å². The molecule has 114 valence electrons. The van der Waals surface area contributed by atoms with E-state index in [0.717, 1.165) is 18.2 Å². The average molecular weight is 276 g/mol. The fraction of sp³-hybridized carbons (Fsp3) is 0.722. The van der Waals surface area contributed by atoms with Gasteiger partial charge in [-0.3, -0.25) is 4.98 Å². The highest BCUT2D eigenvalue weighted by Crippen LogP contribution is 2.22. The van der Waals surface area contributed by atoms with Crippen molar-refractivity contribution in [3.8, 4) is 0 Å². The van der Waals surface area contributed by atoms with Crippen LogP contribution in [0, 0.1) is 26.7 Å². The summed E-state index contributed by atoms with van der Waals surface area (Å²) in [6.45, 7) is 14.3. The van der Waals surface area contributed by atoms with Crippen LogP contribution < -0.4 is 5.32 Å². The molecule has 1 N–H and O–H groups in total. The molecule has 2 unspecified atom stereocenters. The summed E-state index contributed by atoms with van der Waals surface area (Å²) in [6.07, 6.45) is 5.26. The zero-order valence-electron chi connectivity index (χ0n) is 14.2. The van der Waals surface area contributed by atoms with E-state index in [4.69, 9.17) is 0 Å². The number of nitrogens with zero attached hydrogens (tertiary/aromatic N) is 1. The van der Waals surface area contributed by atoms with E-state index >= 15 is 0 Å². The Hall–Kier alpha value is -0.890. The molecule has 0 saturated heterocycles. The van der Waals surface area contributed by atoms with Gasteiger partial charge in [0.05, 0.1) is 0 Å². The Labute approximate surface area is 125 Å². The van der Waals surface area contributed by atoms with Gasteiger partial charge >= 0.3 is 0 Å². The standard InChI is InChI=1S/C18H32N2/c1-7-9-10-17(8-2)12-19-15(5)18-13(3)11-14(4)20-16(18)6/h11,15,17,19H,7-10,12H2,1-6H3. The third-order valence-electron chi connectivity index (χ3n) is 4.27. The molecule has 2 atom stereocenters. The topological polar surface area (TPSA) is 24.9 Å². The summed E-state index contributed by atoms with van der Waals surface area (Å²) >= 11 is 0. The van der Waals surface area contributed by atoms with Gasteiger partial charge in [-0.25, -0.2) is 0 Å². The molecule has 0 aliphatic heterocycles. The fourth-order valence-electron chi connectivity index (χ4n) is 3.08. The second-order valence-corrected chi connectivity index (χ2v) is 6.13. The molecule has 1 aromatic rings. The van der Waals surface area contributed by atoms with E-state index in [-0.39, 0.29) is 0 Å². The Morgan fingerprint density at radius 2 is 1.90 bits per heavy atom. The van der Waals surface area contributed by atoms with Crippen LogP contribution >= 0.6 is 0 Å². The van der Waals surface area contributed by atoms with Crippen LogP contribution in [0.3, 0.4) is 0 Å². The SMILES string of the molecule is CCCCC(CC)CNC(C)c1c(C)cc(C)nc1C. The summed E-state index contributed by atoms with van der Waals surface area (Å²) in [5, 5.41) is 3.72. The molecule has 0 aromatic carbocycles. The molecule has 0 spiro atoms. The first-order chi connectivity index (χ1) is 9.49. The van der Waals surface area contributed by atoms with Crippen LogP contribution in [0.2, 0.25) is 0 Å². The lowest BCUT2D eigenvalue weighted by atomic mass is 9.97. The van der Waals surface area contributed by atoms with Gasteiger partial charge in [-0.05, 0) is 63.8 Å². The first-order valence-electron chi connectivity index (χ1n) is 8.17. The van der Waals surface area contributed by atoms with Crippen molar-refractivity contribution < 1.29 is 0 Å². The lowest BCUT2D eigenvalue weighted by Crippen LogP contribution is -2.27. The largest absolute Gasteiger partial charge is 0.310 e. The Kier molecular flexibility index (Phi) is 7.22. The minimum Gasteiger partial charge on any atom is -0.310 e. The minimum atomic E-state index is 0.388. The van der Waals surface area contributed by atoms with Gasteiger partial charge in [0, 0.05) is 17.4 Å². The number of hydrogen-bond acceptors (Lipinski definition) is 2. The van der Waals surface area contributed by atoms with Crippen molar-refractivity contribution in [3.05, 3.63) is 28.6 Å². The van der Waals surface area contributed by atoms with Crippen LogP contribution in [0.4, 0.5) is 0 Å². The third kappa shape index (κ3) is 4.90. The van der Waals surface area contributed by atoms with E-state index < -0.39 is 0 Å². The van der Waals surface area contributed by atoms with Crippen LogP contribution in [-0.4, -0.2) is 11.5 Å². The van der Waals surface area contributed by atoms with Gasteiger partial charge in [-0.15, -0.1) is 0 Å². The van der Waals surface area contributed by atoms with Crippen molar-refractivity contribution in [2.75, 3.05) is 6.54 Å². The lowest BCUT2D eigenvalue weighted by Gasteiger charge is -2.22. The highest BCUT2D eigenvalue weighted by Gasteiger charge is 2.14. The van der Waals surface area contributed by atoms with Gasteiger partial charge in [0.15, 0.2) is 0 Å². The van der Waals surface area contributed by atoms with E-state index in [1.165, 1.54) is 42.5 Å². The lowest BCUT2D eigenvalue weighted by molar-refractivity contribution is 0.397. The molecule has 1 rings (SSSR count). The Morgan fingerprint density at radius 3 is 2.45 bits per heavy atom. The van der Waals surface area contributed by atoms with Crippen molar-refractivity contribution in [2.45, 2.75) is 73.3 Å². The van der Waals surface area contributed by atoms with E-state index in [2.05, 4.69) is 57.9 Å². The first kappa shape index (κ1) is 17.2. The number of unbranched alkanes of at least 4 members (excludes halogenated alkanes) is 1. The Bertz CT molecular complexity index is 389. The van der Waals surface area contributed by atoms with E-state index in [1.54, 1.807) is 0 Å². The molecule has 20 heavy (non-hydrogen) atoms. The number of pyridine rings is 1. The Morgan fingerprint density at radius 1 is 1.20 bits per heavy atom. The van der Waals surface area contributed by atoms with E-state index in [9.17, 15) is 0 Å². The molecule has 0 bridgehead atoms. The monoisotopic (exact) mass is 276 g/mol. The number of hydrogen-bond donors (Lipinski definition) is 1. The van der Waals surface area contributed by atoms with Crippen LogP contribution in [0.5, 0.6) is 0 Å². The zero-order chi connectivity index (χ0) is 15.1. The van der Waals surface area contributed by atoms with E-state index in [0.29, 0.717) is 6.04 Å². The summed E-state index contributed by atoms with van der Waals surface area (Å²) in [7, 11) is 0. The summed E-state index contributed by atoms with van der Waals surface area (Å²) < 4.78 is 0. The smallest absolute Gasteiger partial charge is 0.0426 e. The molecule has 0 fully saturated rings. The summed E-state index contributed by atoms with van der Waals surface area (Å²) in [5.74, 6) is 0.802. The summed E-state index contributed by atoms with van der Waals surface area (Å²) in [6, 6.07) is 2.58. The molecule has 0 aliphatic rings. The number of rotatable bonds is 8. The van der Waals surface area contributed by atoms with Gasteiger partial charge in [-0.1, -0.05) is 33.1 Å². The third-order valence-corrected chi connectivity index (χ3v) is 4.27. The van der Waals surface area contributed by atoms with Gasteiger partial charge in [0.25, 0.3) is 0 Å². The fourth-order valence-corrected chi connectivity index (χ4v) is 3.08. The minimum absolute atomic E-state index is 0.388. The quantitative estimate of drug-likeness (QED) is 0.732. The van der Waals surface area contributed by atoms with Gasteiger partial charge in [0.2, 0.25) is 0 Å². The zero-order valence-corrected chi connectivity index (χ0v) is 14.2. The predicted octanol–water partition coefficient (Wildman–Crippen LogP) is 4.87. The molecule has 0 amide bonds. The van der Waals surface area contributed by atoms with E-state index in [1.807, 2.05) is 0 Å². The highest BCUT2D eigenvalue weighted by atomic mass is 14.9. The molecular formula is C18H32N2. The predicted molar refractivity (Wildman–Crippen MR) is 88.2 cm³/mol. The molecule has 0 aliphatic carbocycles. The van der Waals surface area contributed by atoms with Crippen LogP contribution in [0.25, 0.3) is 0 Å². The maximum atomic E-state index is 4.61. The van der Waals surface area contributed by atoms with Crippen LogP contribution in [0.1, 0.15) is 75.0 Å². The summed E-state index contributed by atoms with van der Waals surface area (Å²) in [5.41, 5.74) is 5.02. The van der Waals surface area contributed by atoms with Crippen molar-refractivity contribution >= 4 is 0 Å². The number of nitrogens with one attached hydrogen (secondary N) is 1. The van der Waals surface area contributed by atoms with Gasteiger partial charge in [-0.2, -0.15) is 0 Å². The first-order valence-corrected chi connectivity index (χ1v) is 8.17. The molecule has 0 saturated carbocycles. The normalized spacial score (nSPS) is 14.3. The van der Waals surface area contributed by atoms with Crippen molar-refractivity contribution in [1.82, 2.24) is 10.3 Å². The van der Waals surface area contributed by atoms with Crippen molar-refractivity contribution in [1.29, 1.82) is 0 Å². The number of aryl methyl sites for hydroxylation is 3. The molecular weight excluding hydrogens is 244 g/mol. The molecule has 1 heterocycles. The van der Waals surface area contributed by atoms with Crippen molar-refractivity contribution in [2.24, 2.45) is 5.92 Å². The van der Waals surface area contributed by atoms with Gasteiger partial charge < -0.3 is 5.32 Å². The van der Waals surface area contributed by atoms with Gasteiger partial charge in [0.1, 0.15) is 0 Å².